The summed E-state index contributed by atoms with van der Waals surface area (Å²) in [5, 5.41) is 6.11. The lowest BCUT2D eigenvalue weighted by Crippen LogP contribution is -2.38. The first-order valence-corrected chi connectivity index (χ1v) is 22.4. The molecule has 3 heterocycles. The molecule has 1 saturated heterocycles. The number of amides is 2. The Labute approximate surface area is 342 Å². The summed E-state index contributed by atoms with van der Waals surface area (Å²) in [5.41, 5.74) is 3.56. The van der Waals surface area contributed by atoms with Gasteiger partial charge >= 0.3 is 0 Å². The fourth-order valence-electron chi connectivity index (χ4n) is 7.18. The summed E-state index contributed by atoms with van der Waals surface area (Å²) in [6.07, 6.45) is 3.72. The van der Waals surface area contributed by atoms with Crippen molar-refractivity contribution < 1.29 is 31.2 Å². The summed E-state index contributed by atoms with van der Waals surface area (Å²) in [6.45, 7) is 12.7. The van der Waals surface area contributed by atoms with Crippen LogP contribution >= 0.6 is 0 Å². The zero-order chi connectivity index (χ0) is 41.8. The van der Waals surface area contributed by atoms with Gasteiger partial charge in [-0.1, -0.05) is 60.7 Å². The van der Waals surface area contributed by atoms with E-state index < -0.39 is 43.9 Å². The minimum Gasteiger partial charge on any atom is -0.491 e. The molecule has 3 aliphatic heterocycles. The molecule has 1 fully saturated rings. The molecule has 306 valence electrons. The van der Waals surface area contributed by atoms with Crippen LogP contribution < -0.4 is 20.3 Å². The van der Waals surface area contributed by atoms with E-state index in [0.29, 0.717) is 28.3 Å². The number of ether oxygens (including phenoxy) is 1. The maximum absolute atomic E-state index is 13.2. The number of hydrogen-bond donors (Lipinski definition) is 2. The van der Waals surface area contributed by atoms with Crippen LogP contribution in [0.25, 0.3) is 9.81 Å². The monoisotopic (exact) mass is 825 g/mol. The third-order valence-corrected chi connectivity index (χ3v) is 13.8. The molecule has 0 bridgehead atoms. The molecule has 0 spiro atoms. The highest BCUT2D eigenvalue weighted by atomic mass is 32.2. The van der Waals surface area contributed by atoms with E-state index in [1.54, 1.807) is 107 Å². The third-order valence-electron chi connectivity index (χ3n) is 9.68. The second-order valence-electron chi connectivity index (χ2n) is 15.1. The smallest absolute Gasteiger partial charge is 0.285 e. The number of carbonyl (C=O) groups excluding carboxylic acids is 2. The Kier molecular flexibility index (Phi) is 12.7. The minimum atomic E-state index is -3.95. The van der Waals surface area contributed by atoms with Crippen LogP contribution in [0.3, 0.4) is 0 Å². The normalized spacial score (nSPS) is 17.6. The lowest BCUT2D eigenvalue weighted by Gasteiger charge is -2.28. The highest BCUT2D eigenvalue weighted by Gasteiger charge is 2.47. The van der Waals surface area contributed by atoms with Crippen LogP contribution in [0, 0.1) is 0 Å². The predicted octanol–water partition coefficient (Wildman–Crippen LogP) is 7.87. The Morgan fingerprint density at radius 1 is 0.534 bits per heavy atom. The van der Waals surface area contributed by atoms with E-state index in [9.17, 15) is 26.4 Å². The van der Waals surface area contributed by atoms with Crippen molar-refractivity contribution in [1.82, 2.24) is 8.61 Å². The number of piperidine rings is 1. The van der Waals surface area contributed by atoms with Crippen molar-refractivity contribution in [2.75, 3.05) is 28.6 Å². The Hall–Kier alpha value is -5.60. The van der Waals surface area contributed by atoms with Crippen molar-refractivity contribution in [3.05, 3.63) is 132 Å². The van der Waals surface area contributed by atoms with Crippen molar-refractivity contribution in [1.29, 1.82) is 0 Å². The summed E-state index contributed by atoms with van der Waals surface area (Å²) in [6, 6.07) is 31.4. The molecule has 0 saturated carbocycles. The summed E-state index contributed by atoms with van der Waals surface area (Å²) >= 11 is 0. The first-order chi connectivity index (χ1) is 27.6. The highest BCUT2D eigenvalue weighted by Crippen LogP contribution is 2.39. The lowest BCUT2D eigenvalue weighted by molar-refractivity contribution is -0.123. The van der Waals surface area contributed by atoms with Gasteiger partial charge in [0.05, 0.1) is 6.10 Å². The fraction of sp³-hybridized carbons (Fsp3) is 0.318. The molecule has 0 radical (unpaired) electrons. The molecule has 7 rings (SSSR count). The van der Waals surface area contributed by atoms with Crippen molar-refractivity contribution >= 4 is 58.7 Å². The zero-order valence-corrected chi connectivity index (χ0v) is 35.3. The van der Waals surface area contributed by atoms with Crippen LogP contribution in [0.2, 0.25) is 0 Å². The third kappa shape index (κ3) is 8.77. The molecule has 4 aromatic rings. The van der Waals surface area contributed by atoms with Crippen molar-refractivity contribution in [3.63, 3.8) is 0 Å². The molecule has 58 heavy (non-hydrogen) atoms. The summed E-state index contributed by atoms with van der Waals surface area (Å²) in [7, 11) is -7.88. The predicted molar refractivity (Wildman–Crippen MR) is 230 cm³/mol. The number of rotatable bonds is 11. The van der Waals surface area contributed by atoms with Crippen LogP contribution in [0.1, 0.15) is 71.9 Å². The molecular formula is C44H51N5O7S2. The number of anilines is 3. The van der Waals surface area contributed by atoms with Gasteiger partial charge in [-0.2, -0.15) is 0 Å². The SMILES string of the molecule is CC(C)N1C(=O)C(Nc2ccc(N3CCCCC3)cc2)=C(c2ccccc2)S1(=O)=O.CC(C)Oc1ccc(NC2=C(c3ccccc3)S(=O)(=O)N(C(C)C)C2=O)cc1. The first kappa shape index (κ1) is 42.0. The quantitative estimate of drug-likeness (QED) is 0.153. The molecule has 0 aromatic heterocycles. The van der Waals surface area contributed by atoms with E-state index in [1.165, 1.54) is 19.3 Å². The van der Waals surface area contributed by atoms with E-state index in [2.05, 4.69) is 15.5 Å². The van der Waals surface area contributed by atoms with Gasteiger partial charge < -0.3 is 20.3 Å². The van der Waals surface area contributed by atoms with Crippen molar-refractivity contribution in [2.45, 2.75) is 79.0 Å². The average Bonchev–Trinajstić information content (AvgIpc) is 3.52. The van der Waals surface area contributed by atoms with Gasteiger partial charge in [-0.05, 0) is 120 Å². The van der Waals surface area contributed by atoms with Gasteiger partial charge in [0.15, 0.2) is 0 Å². The van der Waals surface area contributed by atoms with Crippen LogP contribution in [-0.2, 0) is 29.6 Å². The van der Waals surface area contributed by atoms with E-state index in [1.807, 2.05) is 44.2 Å². The Morgan fingerprint density at radius 2 is 0.931 bits per heavy atom. The molecule has 2 amide bonds. The maximum atomic E-state index is 13.2. The minimum absolute atomic E-state index is 0.00527. The number of nitrogens with one attached hydrogen (secondary N) is 2. The Bertz CT molecular complexity index is 2390. The van der Waals surface area contributed by atoms with Crippen LogP contribution in [-0.4, -0.2) is 68.5 Å². The molecule has 14 heteroatoms. The van der Waals surface area contributed by atoms with Crippen molar-refractivity contribution in [3.8, 4) is 5.75 Å². The molecule has 3 aliphatic rings. The van der Waals surface area contributed by atoms with Crippen LogP contribution in [0.5, 0.6) is 5.75 Å². The summed E-state index contributed by atoms with van der Waals surface area (Å²) in [4.78, 5) is 28.4. The van der Waals surface area contributed by atoms with E-state index >= 15 is 0 Å². The van der Waals surface area contributed by atoms with Gasteiger partial charge in [-0.15, -0.1) is 0 Å². The zero-order valence-electron chi connectivity index (χ0n) is 33.7. The summed E-state index contributed by atoms with van der Waals surface area (Å²) in [5.74, 6) is -0.382. The lowest BCUT2D eigenvalue weighted by atomic mass is 10.1. The maximum Gasteiger partial charge on any atom is 0.285 e. The molecule has 12 nitrogen and oxygen atoms in total. The highest BCUT2D eigenvalue weighted by molar-refractivity contribution is 8.00. The number of carbonyl (C=O) groups is 2. The van der Waals surface area contributed by atoms with Crippen LogP contribution in [0.4, 0.5) is 17.1 Å². The van der Waals surface area contributed by atoms with E-state index in [4.69, 9.17) is 4.74 Å². The van der Waals surface area contributed by atoms with Gasteiger partial charge in [0, 0.05) is 42.2 Å². The molecule has 4 aromatic carbocycles. The topological polar surface area (TPSA) is 145 Å². The van der Waals surface area contributed by atoms with E-state index in [0.717, 1.165) is 27.4 Å². The number of sulfonamides is 2. The molecular weight excluding hydrogens is 775 g/mol. The van der Waals surface area contributed by atoms with Crippen LogP contribution in [0.15, 0.2) is 121 Å². The van der Waals surface area contributed by atoms with Gasteiger partial charge in [-0.3, -0.25) is 9.59 Å². The second kappa shape index (κ2) is 17.5. The first-order valence-electron chi connectivity index (χ1n) is 19.5. The Balaban J connectivity index is 0.000000196. The van der Waals surface area contributed by atoms with Gasteiger partial charge in [-0.25, -0.2) is 25.4 Å². The number of benzene rings is 4. The van der Waals surface area contributed by atoms with Gasteiger partial charge in [0.1, 0.15) is 27.0 Å². The average molecular weight is 826 g/mol. The van der Waals surface area contributed by atoms with Gasteiger partial charge in [0.2, 0.25) is 0 Å². The second-order valence-corrected chi connectivity index (χ2v) is 18.6. The van der Waals surface area contributed by atoms with Crippen molar-refractivity contribution in [2.24, 2.45) is 0 Å². The standard InChI is InChI=1S/C23H27N3O3S.C21H24N2O4S/c1-17(2)26-23(27)21(22(30(26,28)29)18-9-5-3-6-10-18)24-19-11-13-20(14-12-19)25-15-7-4-8-16-25;1-14(2)23-21(24)19(20(28(23,25)26)16-8-6-5-7-9-16)22-17-10-12-18(13-11-17)27-15(3)4/h3,5-6,9-14,17,24H,4,7-8,15-16H2,1-2H3;5-15,22H,1-4H3. The summed E-state index contributed by atoms with van der Waals surface area (Å²) < 4.78 is 60.1. The Morgan fingerprint density at radius 3 is 1.31 bits per heavy atom. The van der Waals surface area contributed by atoms with Gasteiger partial charge in [0.25, 0.3) is 31.9 Å². The largest absolute Gasteiger partial charge is 0.491 e. The number of hydrogen-bond acceptors (Lipinski definition) is 10. The molecule has 2 N–H and O–H groups in total. The van der Waals surface area contributed by atoms with E-state index in [-0.39, 0.29) is 27.3 Å². The number of nitrogens with zero attached hydrogens (tertiary/aromatic N) is 3. The molecule has 0 aliphatic carbocycles. The fourth-order valence-corrected chi connectivity index (χ4v) is 11.0. The molecule has 0 atom stereocenters. The molecule has 0 unspecified atom stereocenters.